The SMILES string of the molecule is C=CCC(C)C=C.CC.CC.CC.CC.CC. The van der Waals surface area contributed by atoms with E-state index in [4.69, 9.17) is 0 Å². The summed E-state index contributed by atoms with van der Waals surface area (Å²) in [5.41, 5.74) is 0. The standard InChI is InChI=1S/C7H12.5C2H6/c1-4-6-7(3)5-2;5*1-2/h4-5,7H,1-2,6H2,3H3;5*1-2H3. The van der Waals surface area contributed by atoms with E-state index in [0.717, 1.165) is 6.42 Å². The molecule has 0 aromatic carbocycles. The van der Waals surface area contributed by atoms with Gasteiger partial charge in [-0.25, -0.2) is 0 Å². The van der Waals surface area contributed by atoms with Crippen LogP contribution < -0.4 is 0 Å². The summed E-state index contributed by atoms with van der Waals surface area (Å²) >= 11 is 0. The molecular weight excluding hydrogens is 204 g/mol. The summed E-state index contributed by atoms with van der Waals surface area (Å²) in [5, 5.41) is 0. The van der Waals surface area contributed by atoms with Crippen molar-refractivity contribution in [3.63, 3.8) is 0 Å². The first-order chi connectivity index (χ1) is 8.31. The fraction of sp³-hybridized carbons (Fsp3) is 0.765. The smallest absolute Gasteiger partial charge is 0.0230 e. The molecule has 1 unspecified atom stereocenters. The Labute approximate surface area is 114 Å². The molecule has 110 valence electrons. The van der Waals surface area contributed by atoms with Crippen LogP contribution in [0.3, 0.4) is 0 Å². The van der Waals surface area contributed by atoms with E-state index in [2.05, 4.69) is 20.1 Å². The Hall–Kier alpha value is -0.520. The molecule has 0 aromatic heterocycles. The lowest BCUT2D eigenvalue weighted by atomic mass is 10.1. The Morgan fingerprint density at radius 1 is 0.706 bits per heavy atom. The minimum Gasteiger partial charge on any atom is -0.103 e. The van der Waals surface area contributed by atoms with E-state index >= 15 is 0 Å². The third-order valence-corrected chi connectivity index (χ3v) is 0.941. The van der Waals surface area contributed by atoms with Crippen molar-refractivity contribution in [1.82, 2.24) is 0 Å². The number of hydrogen-bond acceptors (Lipinski definition) is 0. The minimum absolute atomic E-state index is 0.595. The van der Waals surface area contributed by atoms with Crippen molar-refractivity contribution in [3.05, 3.63) is 25.3 Å². The van der Waals surface area contributed by atoms with Gasteiger partial charge < -0.3 is 0 Å². The molecule has 0 bridgehead atoms. The summed E-state index contributed by atoms with van der Waals surface area (Å²) in [6.07, 6.45) is 4.89. The van der Waals surface area contributed by atoms with Crippen LogP contribution >= 0.6 is 0 Å². The van der Waals surface area contributed by atoms with Gasteiger partial charge in [-0.1, -0.05) is 88.3 Å². The van der Waals surface area contributed by atoms with Crippen LogP contribution in [-0.4, -0.2) is 0 Å². The number of allylic oxidation sites excluding steroid dienone is 2. The first-order valence-corrected chi connectivity index (χ1v) is 7.54. The quantitative estimate of drug-likeness (QED) is 0.452. The Kier molecular flexibility index (Phi) is 229. The van der Waals surface area contributed by atoms with Gasteiger partial charge >= 0.3 is 0 Å². The summed E-state index contributed by atoms with van der Waals surface area (Å²) in [6, 6.07) is 0. The third kappa shape index (κ3) is 140. The first kappa shape index (κ1) is 36.0. The van der Waals surface area contributed by atoms with Crippen molar-refractivity contribution in [2.75, 3.05) is 0 Å². The zero-order valence-corrected chi connectivity index (χ0v) is 14.9. The predicted molar refractivity (Wildman–Crippen MR) is 90.9 cm³/mol. The molecule has 0 radical (unpaired) electrons. The fourth-order valence-electron chi connectivity index (χ4n) is 0.359. The molecule has 0 heterocycles. The molecule has 1 atom stereocenters. The van der Waals surface area contributed by atoms with E-state index in [0.29, 0.717) is 5.92 Å². The molecule has 0 amide bonds. The normalized spacial score (nSPS) is 7.00. The molecular formula is C17H42. The summed E-state index contributed by atoms with van der Waals surface area (Å²) < 4.78 is 0. The van der Waals surface area contributed by atoms with Crippen LogP contribution in [0.2, 0.25) is 0 Å². The molecule has 0 saturated heterocycles. The molecule has 0 aliphatic heterocycles. The van der Waals surface area contributed by atoms with Crippen molar-refractivity contribution in [2.45, 2.75) is 82.6 Å². The Bertz CT molecular complexity index is 62.4. The van der Waals surface area contributed by atoms with Gasteiger partial charge in [0.15, 0.2) is 0 Å². The van der Waals surface area contributed by atoms with Gasteiger partial charge in [-0.15, -0.1) is 13.2 Å². The Morgan fingerprint density at radius 3 is 1.00 bits per heavy atom. The average molecular weight is 247 g/mol. The molecule has 0 saturated carbocycles. The van der Waals surface area contributed by atoms with Crippen LogP contribution in [0, 0.1) is 5.92 Å². The maximum absolute atomic E-state index is 3.63. The van der Waals surface area contributed by atoms with Gasteiger partial charge in [0, 0.05) is 0 Å². The lowest BCUT2D eigenvalue weighted by molar-refractivity contribution is 0.748. The van der Waals surface area contributed by atoms with Crippen molar-refractivity contribution < 1.29 is 0 Å². The summed E-state index contributed by atoms with van der Waals surface area (Å²) in [5.74, 6) is 0.595. The van der Waals surface area contributed by atoms with E-state index < -0.39 is 0 Å². The van der Waals surface area contributed by atoms with Crippen LogP contribution in [-0.2, 0) is 0 Å². The van der Waals surface area contributed by atoms with E-state index in [1.165, 1.54) is 0 Å². The highest BCUT2D eigenvalue weighted by atomic mass is 13.9. The monoisotopic (exact) mass is 246 g/mol. The molecule has 0 aliphatic rings. The second-order valence-corrected chi connectivity index (χ2v) is 1.74. The van der Waals surface area contributed by atoms with E-state index in [-0.39, 0.29) is 0 Å². The minimum atomic E-state index is 0.595. The van der Waals surface area contributed by atoms with Gasteiger partial charge in [-0.2, -0.15) is 0 Å². The third-order valence-electron chi connectivity index (χ3n) is 0.941. The van der Waals surface area contributed by atoms with Crippen LogP contribution in [0.25, 0.3) is 0 Å². The molecule has 0 aromatic rings. The van der Waals surface area contributed by atoms with Gasteiger partial charge in [0.1, 0.15) is 0 Å². The van der Waals surface area contributed by atoms with Crippen molar-refractivity contribution >= 4 is 0 Å². The molecule has 0 aliphatic carbocycles. The second-order valence-electron chi connectivity index (χ2n) is 1.74. The van der Waals surface area contributed by atoms with E-state index in [1.54, 1.807) is 0 Å². The molecule has 0 nitrogen and oxygen atoms in total. The van der Waals surface area contributed by atoms with Gasteiger partial charge in [0.25, 0.3) is 0 Å². The average Bonchev–Trinajstić information content (AvgIpc) is 2.49. The van der Waals surface area contributed by atoms with Gasteiger partial charge in [-0.3, -0.25) is 0 Å². The summed E-state index contributed by atoms with van der Waals surface area (Å²) in [7, 11) is 0. The molecule has 0 spiro atoms. The number of rotatable bonds is 3. The highest BCUT2D eigenvalue weighted by molar-refractivity contribution is 4.81. The van der Waals surface area contributed by atoms with Crippen LogP contribution in [0.4, 0.5) is 0 Å². The highest BCUT2D eigenvalue weighted by Crippen LogP contribution is 2.00. The lowest BCUT2D eigenvalue weighted by Crippen LogP contribution is -1.82. The van der Waals surface area contributed by atoms with E-state index in [1.807, 2.05) is 81.4 Å². The zero-order chi connectivity index (χ0) is 15.7. The van der Waals surface area contributed by atoms with E-state index in [9.17, 15) is 0 Å². The van der Waals surface area contributed by atoms with Gasteiger partial charge in [0.05, 0.1) is 0 Å². The second kappa shape index (κ2) is 108. The molecule has 0 N–H and O–H groups in total. The molecule has 17 heavy (non-hydrogen) atoms. The maximum atomic E-state index is 3.63. The Balaban J connectivity index is -0.0000000257. The molecule has 0 heteroatoms. The fourth-order valence-corrected chi connectivity index (χ4v) is 0.359. The molecule has 0 rings (SSSR count). The largest absolute Gasteiger partial charge is 0.103 e. The first-order valence-electron chi connectivity index (χ1n) is 7.54. The predicted octanol–water partition coefficient (Wildman–Crippen LogP) is 7.52. The molecule has 0 fully saturated rings. The zero-order valence-electron chi connectivity index (χ0n) is 14.9. The van der Waals surface area contributed by atoms with Crippen molar-refractivity contribution in [2.24, 2.45) is 5.92 Å². The summed E-state index contributed by atoms with van der Waals surface area (Å²) in [6.45, 7) is 29.4. The lowest BCUT2D eigenvalue weighted by Gasteiger charge is -1.95. The van der Waals surface area contributed by atoms with Crippen molar-refractivity contribution in [3.8, 4) is 0 Å². The maximum Gasteiger partial charge on any atom is -0.0230 e. The number of hydrogen-bond donors (Lipinski definition) is 0. The topological polar surface area (TPSA) is 0 Å². The van der Waals surface area contributed by atoms with Gasteiger partial charge in [0.2, 0.25) is 0 Å². The summed E-state index contributed by atoms with van der Waals surface area (Å²) in [4.78, 5) is 0. The van der Waals surface area contributed by atoms with Crippen LogP contribution in [0.5, 0.6) is 0 Å². The van der Waals surface area contributed by atoms with Crippen LogP contribution in [0.1, 0.15) is 82.6 Å². The highest BCUT2D eigenvalue weighted by Gasteiger charge is 1.86. The van der Waals surface area contributed by atoms with Crippen molar-refractivity contribution in [1.29, 1.82) is 0 Å². The van der Waals surface area contributed by atoms with Gasteiger partial charge in [-0.05, 0) is 12.3 Å². The van der Waals surface area contributed by atoms with Crippen LogP contribution in [0.15, 0.2) is 25.3 Å². The Morgan fingerprint density at radius 2 is 0.941 bits per heavy atom.